The number of imidazole rings is 1. The highest BCUT2D eigenvalue weighted by Gasteiger charge is 2.16. The number of esters is 1. The lowest BCUT2D eigenvalue weighted by atomic mass is 10.2. The molecule has 24 heavy (non-hydrogen) atoms. The largest absolute Gasteiger partial charge is 0.454 e. The van der Waals surface area contributed by atoms with Gasteiger partial charge >= 0.3 is 12.1 Å². The highest BCUT2D eigenvalue weighted by atomic mass is 32.2. The number of hydrogen-bond acceptors (Lipinski definition) is 8. The highest BCUT2D eigenvalue weighted by Crippen LogP contribution is 2.21. The van der Waals surface area contributed by atoms with Crippen LogP contribution in [0.4, 0.5) is 4.79 Å². The zero-order valence-electron chi connectivity index (χ0n) is 13.7. The molecule has 0 aromatic carbocycles. The van der Waals surface area contributed by atoms with Crippen molar-refractivity contribution in [1.29, 1.82) is 0 Å². The summed E-state index contributed by atoms with van der Waals surface area (Å²) in [5, 5.41) is 3.15. The first kappa shape index (κ1) is 18.0. The third kappa shape index (κ3) is 5.69. The van der Waals surface area contributed by atoms with E-state index in [0.717, 1.165) is 0 Å². The molecule has 0 radical (unpaired) electrons. The zero-order chi connectivity index (χ0) is 17.6. The normalized spacial score (nSPS) is 11.3. The fraction of sp³-hybridized carbons (Fsp3) is 0.500. The molecular formula is C14H19N5O4S. The number of amides is 1. The van der Waals surface area contributed by atoms with E-state index in [-0.39, 0.29) is 18.9 Å². The Morgan fingerprint density at radius 3 is 2.83 bits per heavy atom. The summed E-state index contributed by atoms with van der Waals surface area (Å²) in [6.45, 7) is 5.45. The van der Waals surface area contributed by atoms with E-state index in [1.807, 2.05) is 0 Å². The van der Waals surface area contributed by atoms with Crippen LogP contribution in [0.3, 0.4) is 0 Å². The van der Waals surface area contributed by atoms with Crippen molar-refractivity contribution < 1.29 is 19.1 Å². The smallest absolute Gasteiger partial charge is 0.407 e. The summed E-state index contributed by atoms with van der Waals surface area (Å²) in [5.74, 6) is -0.315. The van der Waals surface area contributed by atoms with Gasteiger partial charge in [-0.2, -0.15) is 0 Å². The van der Waals surface area contributed by atoms with Crippen LogP contribution in [-0.2, 0) is 14.3 Å². The molecule has 0 aliphatic carbocycles. The van der Waals surface area contributed by atoms with Crippen LogP contribution in [0.1, 0.15) is 27.2 Å². The van der Waals surface area contributed by atoms with Gasteiger partial charge in [-0.1, -0.05) is 11.8 Å². The number of nitrogens with zero attached hydrogens (tertiary/aromatic N) is 3. The standard InChI is InChI=1S/C14H19N5O4S/c1-14(2,3)23-13(21)15-5-4-9(20)22-8-24-12-10-11(17-6-16-10)18-7-19-12/h6-7H,4-5,8H2,1-3H3,(H,15,21)(H,16,17,18,19). The maximum Gasteiger partial charge on any atom is 0.407 e. The molecule has 0 fully saturated rings. The second kappa shape index (κ2) is 7.95. The van der Waals surface area contributed by atoms with E-state index < -0.39 is 17.7 Å². The quantitative estimate of drug-likeness (QED) is 0.349. The number of aromatic nitrogens is 4. The molecule has 9 nitrogen and oxygen atoms in total. The van der Waals surface area contributed by atoms with Gasteiger partial charge in [-0.3, -0.25) is 4.79 Å². The van der Waals surface area contributed by atoms with Gasteiger partial charge in [-0.05, 0) is 20.8 Å². The molecule has 0 aliphatic heterocycles. The molecule has 2 aromatic rings. The Balaban J connectivity index is 1.67. The molecule has 2 N–H and O–H groups in total. The molecule has 2 aromatic heterocycles. The van der Waals surface area contributed by atoms with Gasteiger partial charge < -0.3 is 19.8 Å². The van der Waals surface area contributed by atoms with Crippen LogP contribution in [-0.4, -0.2) is 50.1 Å². The summed E-state index contributed by atoms with van der Waals surface area (Å²) < 4.78 is 10.2. The van der Waals surface area contributed by atoms with Crippen LogP contribution in [0.2, 0.25) is 0 Å². The number of H-pyrrole nitrogens is 1. The molecular weight excluding hydrogens is 334 g/mol. The summed E-state index contributed by atoms with van der Waals surface area (Å²) in [4.78, 5) is 38.1. The number of aromatic amines is 1. The van der Waals surface area contributed by atoms with E-state index in [9.17, 15) is 9.59 Å². The number of thioether (sulfide) groups is 1. The van der Waals surface area contributed by atoms with Gasteiger partial charge in [0.2, 0.25) is 0 Å². The summed E-state index contributed by atoms with van der Waals surface area (Å²) in [6, 6.07) is 0. The number of ether oxygens (including phenoxy) is 2. The number of rotatable bonds is 6. The fourth-order valence-electron chi connectivity index (χ4n) is 1.66. The first-order chi connectivity index (χ1) is 11.3. The maximum atomic E-state index is 11.6. The average molecular weight is 353 g/mol. The molecule has 0 atom stereocenters. The van der Waals surface area contributed by atoms with Crippen molar-refractivity contribution in [2.45, 2.75) is 37.8 Å². The van der Waals surface area contributed by atoms with Crippen LogP contribution >= 0.6 is 11.8 Å². The molecule has 0 bridgehead atoms. The van der Waals surface area contributed by atoms with Crippen LogP contribution in [0.25, 0.3) is 11.2 Å². The summed E-state index contributed by atoms with van der Waals surface area (Å²) in [7, 11) is 0. The van der Waals surface area contributed by atoms with E-state index in [1.165, 1.54) is 24.4 Å². The molecule has 0 saturated carbocycles. The minimum Gasteiger partial charge on any atom is -0.454 e. The Morgan fingerprint density at radius 1 is 1.29 bits per heavy atom. The summed E-state index contributed by atoms with van der Waals surface area (Å²) in [6.07, 6.45) is 2.42. The molecule has 0 aliphatic rings. The van der Waals surface area contributed by atoms with Crippen molar-refractivity contribution in [3.63, 3.8) is 0 Å². The number of carbonyl (C=O) groups is 2. The predicted molar refractivity (Wildman–Crippen MR) is 87.4 cm³/mol. The zero-order valence-corrected chi connectivity index (χ0v) is 14.5. The van der Waals surface area contributed by atoms with Crippen molar-refractivity contribution in [2.75, 3.05) is 12.5 Å². The third-order valence-corrected chi connectivity index (χ3v) is 3.42. The van der Waals surface area contributed by atoms with Gasteiger partial charge in [0, 0.05) is 6.54 Å². The number of nitrogens with one attached hydrogen (secondary N) is 2. The lowest BCUT2D eigenvalue weighted by Crippen LogP contribution is -2.33. The Kier molecular flexibility index (Phi) is 5.96. The van der Waals surface area contributed by atoms with Gasteiger partial charge in [0.25, 0.3) is 0 Å². The van der Waals surface area contributed by atoms with Crippen LogP contribution in [0.15, 0.2) is 17.7 Å². The SMILES string of the molecule is CC(C)(C)OC(=O)NCCC(=O)OCSc1ncnc2nc[nH]c12. The van der Waals surface area contributed by atoms with E-state index in [2.05, 4.69) is 25.3 Å². The molecule has 0 unspecified atom stereocenters. The van der Waals surface area contributed by atoms with E-state index in [0.29, 0.717) is 16.2 Å². The predicted octanol–water partition coefficient (Wildman–Crippen LogP) is 1.86. The van der Waals surface area contributed by atoms with Crippen molar-refractivity contribution in [3.8, 4) is 0 Å². The van der Waals surface area contributed by atoms with Crippen LogP contribution < -0.4 is 5.32 Å². The minimum atomic E-state index is -0.573. The van der Waals surface area contributed by atoms with Gasteiger partial charge in [0.1, 0.15) is 28.4 Å². The molecule has 1 amide bonds. The lowest BCUT2D eigenvalue weighted by molar-refractivity contribution is -0.141. The van der Waals surface area contributed by atoms with Gasteiger partial charge in [-0.15, -0.1) is 0 Å². The second-order valence-electron chi connectivity index (χ2n) is 5.74. The monoisotopic (exact) mass is 353 g/mol. The maximum absolute atomic E-state index is 11.6. The fourth-order valence-corrected chi connectivity index (χ4v) is 2.37. The van der Waals surface area contributed by atoms with Crippen LogP contribution in [0.5, 0.6) is 0 Å². The van der Waals surface area contributed by atoms with E-state index in [4.69, 9.17) is 9.47 Å². The number of hydrogen-bond donors (Lipinski definition) is 2. The number of alkyl carbamates (subject to hydrolysis) is 1. The Morgan fingerprint density at radius 2 is 2.08 bits per heavy atom. The van der Waals surface area contributed by atoms with E-state index in [1.54, 1.807) is 20.8 Å². The molecule has 2 rings (SSSR count). The summed E-state index contributed by atoms with van der Waals surface area (Å²) >= 11 is 1.25. The number of fused-ring (bicyclic) bond motifs is 1. The van der Waals surface area contributed by atoms with Crippen molar-refractivity contribution in [3.05, 3.63) is 12.7 Å². The molecule has 2 heterocycles. The van der Waals surface area contributed by atoms with Crippen LogP contribution in [0, 0.1) is 0 Å². The Labute approximate surface area is 142 Å². The van der Waals surface area contributed by atoms with Gasteiger partial charge in [0.05, 0.1) is 12.7 Å². The highest BCUT2D eigenvalue weighted by molar-refractivity contribution is 7.99. The lowest BCUT2D eigenvalue weighted by Gasteiger charge is -2.19. The number of carbonyl (C=O) groups excluding carboxylic acids is 2. The van der Waals surface area contributed by atoms with Crippen molar-refractivity contribution in [1.82, 2.24) is 25.3 Å². The molecule has 0 saturated heterocycles. The Hall–Kier alpha value is -2.36. The summed E-state index contributed by atoms with van der Waals surface area (Å²) in [5.41, 5.74) is 0.682. The van der Waals surface area contributed by atoms with Gasteiger partial charge in [0.15, 0.2) is 5.65 Å². The third-order valence-electron chi connectivity index (χ3n) is 2.60. The minimum absolute atomic E-state index is 0.0586. The first-order valence-electron chi connectivity index (χ1n) is 7.24. The Bertz CT molecular complexity index is 712. The molecule has 130 valence electrons. The second-order valence-corrected chi connectivity index (χ2v) is 6.65. The topological polar surface area (TPSA) is 119 Å². The first-order valence-corrected chi connectivity index (χ1v) is 8.23. The van der Waals surface area contributed by atoms with E-state index >= 15 is 0 Å². The van der Waals surface area contributed by atoms with Crippen molar-refractivity contribution >= 4 is 35.0 Å². The molecule has 0 spiro atoms. The average Bonchev–Trinajstić information content (AvgIpc) is 2.94. The molecule has 10 heteroatoms. The van der Waals surface area contributed by atoms with Gasteiger partial charge in [-0.25, -0.2) is 19.7 Å². The van der Waals surface area contributed by atoms with Crippen molar-refractivity contribution in [2.24, 2.45) is 0 Å².